The van der Waals surface area contributed by atoms with Gasteiger partial charge in [-0.1, -0.05) is 4.33 Å². The summed E-state index contributed by atoms with van der Waals surface area (Å²) < 4.78 is 24.2. The van der Waals surface area contributed by atoms with Crippen molar-refractivity contribution in [3.63, 3.8) is 0 Å². The Morgan fingerprint density at radius 1 is 1.23 bits per heavy atom. The van der Waals surface area contributed by atoms with E-state index in [2.05, 4.69) is 4.33 Å². The fourth-order valence-corrected chi connectivity index (χ4v) is 1.59. The second-order valence-electron chi connectivity index (χ2n) is 2.08. The van der Waals surface area contributed by atoms with Gasteiger partial charge in [-0.3, -0.25) is 9.59 Å². The molecule has 1 heterocycles. The van der Waals surface area contributed by atoms with E-state index in [1.807, 2.05) is 0 Å². The van der Waals surface area contributed by atoms with Gasteiger partial charge in [0.1, 0.15) is 0 Å². The van der Waals surface area contributed by atoms with Gasteiger partial charge in [0.15, 0.2) is 0 Å². The van der Waals surface area contributed by atoms with E-state index < -0.39 is 22.1 Å². The summed E-state index contributed by atoms with van der Waals surface area (Å²) in [6.07, 6.45) is -0.358. The van der Waals surface area contributed by atoms with Gasteiger partial charge in [-0.2, -0.15) is 8.42 Å². The zero-order chi connectivity index (χ0) is 9.35. The number of imide groups is 1. The molecule has 1 rings (SSSR count). The van der Waals surface area contributed by atoms with Crippen molar-refractivity contribution in [2.24, 2.45) is 0 Å². The van der Waals surface area contributed by atoms with Crippen LogP contribution in [0.1, 0.15) is 12.8 Å². The monoisotopic (exact) mass is 219 g/mol. The minimum absolute atomic E-state index is 0. The SMILES string of the molecule is O=C1CCC(=O)N1S(=O)(=O)OO.[NaH]. The number of rotatable bonds is 2. The van der Waals surface area contributed by atoms with Crippen LogP contribution in [0.3, 0.4) is 0 Å². The fourth-order valence-electron chi connectivity index (χ4n) is 0.839. The quantitative estimate of drug-likeness (QED) is 0.255. The van der Waals surface area contributed by atoms with E-state index in [0.717, 1.165) is 0 Å². The van der Waals surface area contributed by atoms with Crippen LogP contribution in [-0.4, -0.2) is 59.4 Å². The van der Waals surface area contributed by atoms with Crippen molar-refractivity contribution in [1.82, 2.24) is 4.31 Å². The number of carbonyl (C=O) groups is 2. The summed E-state index contributed by atoms with van der Waals surface area (Å²) in [5.74, 6) is -1.79. The minimum atomic E-state index is -4.61. The molecule has 0 bridgehead atoms. The van der Waals surface area contributed by atoms with Gasteiger partial charge in [0, 0.05) is 12.8 Å². The van der Waals surface area contributed by atoms with Crippen LogP contribution in [0.15, 0.2) is 0 Å². The Hall–Kier alpha value is 0.01000. The van der Waals surface area contributed by atoms with E-state index in [0.29, 0.717) is 0 Å². The summed E-state index contributed by atoms with van der Waals surface area (Å²) in [4.78, 5) is 21.5. The molecule has 1 fully saturated rings. The third-order valence-corrected chi connectivity index (χ3v) is 2.37. The van der Waals surface area contributed by atoms with Crippen molar-refractivity contribution in [2.45, 2.75) is 12.8 Å². The molecule has 0 saturated carbocycles. The van der Waals surface area contributed by atoms with Crippen LogP contribution in [0.25, 0.3) is 0 Å². The van der Waals surface area contributed by atoms with Crippen molar-refractivity contribution in [2.75, 3.05) is 0 Å². The molecule has 0 atom stereocenters. The molecule has 0 unspecified atom stereocenters. The molecule has 1 aliphatic rings. The van der Waals surface area contributed by atoms with Crippen LogP contribution in [0, 0.1) is 0 Å². The van der Waals surface area contributed by atoms with Crippen LogP contribution in [0.5, 0.6) is 0 Å². The molecule has 1 N–H and O–H groups in total. The van der Waals surface area contributed by atoms with Crippen LogP contribution >= 0.6 is 0 Å². The fraction of sp³-hybridized carbons (Fsp3) is 0.500. The molecule has 70 valence electrons. The first kappa shape index (κ1) is 13.0. The van der Waals surface area contributed by atoms with Crippen molar-refractivity contribution in [3.05, 3.63) is 0 Å². The van der Waals surface area contributed by atoms with Gasteiger partial charge in [0.25, 0.3) is 0 Å². The van der Waals surface area contributed by atoms with E-state index in [1.54, 1.807) is 0 Å². The predicted octanol–water partition coefficient (Wildman–Crippen LogP) is -1.78. The maximum atomic E-state index is 10.7. The summed E-state index contributed by atoms with van der Waals surface area (Å²) in [7, 11) is -4.61. The van der Waals surface area contributed by atoms with Crippen molar-refractivity contribution in [1.29, 1.82) is 0 Å². The number of carbonyl (C=O) groups excluding carboxylic acids is 2. The number of nitrogens with zero attached hydrogens (tertiary/aromatic N) is 1. The molecule has 0 aliphatic carbocycles. The van der Waals surface area contributed by atoms with Crippen molar-refractivity contribution in [3.8, 4) is 0 Å². The first-order valence-corrected chi connectivity index (χ1v) is 4.29. The Morgan fingerprint density at radius 3 is 1.92 bits per heavy atom. The van der Waals surface area contributed by atoms with E-state index >= 15 is 0 Å². The van der Waals surface area contributed by atoms with Gasteiger partial charge in [0.2, 0.25) is 11.8 Å². The first-order chi connectivity index (χ1) is 5.49. The Kier molecular flexibility index (Phi) is 4.49. The average molecular weight is 219 g/mol. The Morgan fingerprint density at radius 2 is 1.62 bits per heavy atom. The van der Waals surface area contributed by atoms with Crippen LogP contribution in [0.4, 0.5) is 0 Å². The molecule has 0 aromatic heterocycles. The zero-order valence-electron chi connectivity index (χ0n) is 5.76. The van der Waals surface area contributed by atoms with Gasteiger partial charge in [-0.15, -0.1) is 4.31 Å². The van der Waals surface area contributed by atoms with Crippen molar-refractivity contribution < 1.29 is 27.6 Å². The molecule has 2 amide bonds. The van der Waals surface area contributed by atoms with Gasteiger partial charge in [0.05, 0.1) is 0 Å². The predicted molar refractivity (Wildman–Crippen MR) is 40.9 cm³/mol. The molecule has 0 radical (unpaired) electrons. The topological polar surface area (TPSA) is 101 Å². The van der Waals surface area contributed by atoms with E-state index in [-0.39, 0.29) is 46.7 Å². The summed E-state index contributed by atoms with van der Waals surface area (Å²) in [6, 6.07) is 0. The summed E-state index contributed by atoms with van der Waals surface area (Å²) in [6.45, 7) is 0. The third kappa shape index (κ3) is 2.48. The molecule has 7 nitrogen and oxygen atoms in total. The summed E-state index contributed by atoms with van der Waals surface area (Å²) in [5.41, 5.74) is 0. The molecular formula is C4H6NNaO6S. The average Bonchev–Trinajstić information content (AvgIpc) is 2.31. The van der Waals surface area contributed by atoms with Gasteiger partial charge < -0.3 is 0 Å². The number of amides is 2. The first-order valence-electron chi connectivity index (χ1n) is 2.93. The Bertz CT molecular complexity index is 308. The van der Waals surface area contributed by atoms with Gasteiger partial charge in [-0.25, -0.2) is 5.26 Å². The van der Waals surface area contributed by atoms with Gasteiger partial charge >= 0.3 is 39.9 Å². The molecule has 0 aromatic rings. The standard InChI is InChI=1S/C4H5NO6S.Na.H/c6-3-1-2-4(7)5(3)12(9,10)11-8;;/h8H,1-2H2;;. The van der Waals surface area contributed by atoms with Crippen LogP contribution in [0.2, 0.25) is 0 Å². The zero-order valence-corrected chi connectivity index (χ0v) is 6.57. The Labute approximate surface area is 96.1 Å². The molecule has 0 aromatic carbocycles. The molecule has 1 aliphatic heterocycles. The Balaban J connectivity index is 0.00000144. The number of hydrogen-bond donors (Lipinski definition) is 1. The third-order valence-electron chi connectivity index (χ3n) is 1.32. The van der Waals surface area contributed by atoms with E-state index in [4.69, 9.17) is 5.26 Å². The molecular weight excluding hydrogens is 213 g/mol. The van der Waals surface area contributed by atoms with E-state index in [9.17, 15) is 18.0 Å². The summed E-state index contributed by atoms with van der Waals surface area (Å²) in [5, 5.41) is 7.86. The molecule has 0 spiro atoms. The second-order valence-corrected chi connectivity index (χ2v) is 3.45. The normalized spacial score (nSPS) is 17.5. The van der Waals surface area contributed by atoms with Crippen LogP contribution in [-0.2, 0) is 24.2 Å². The maximum absolute atomic E-state index is 10.7. The molecule has 1 saturated heterocycles. The number of hydrogen-bond acceptors (Lipinski definition) is 6. The van der Waals surface area contributed by atoms with Crippen molar-refractivity contribution >= 4 is 51.7 Å². The second kappa shape index (κ2) is 4.49. The van der Waals surface area contributed by atoms with Crippen LogP contribution < -0.4 is 0 Å². The summed E-state index contributed by atoms with van der Waals surface area (Å²) >= 11 is 0. The van der Waals surface area contributed by atoms with Gasteiger partial charge in [-0.05, 0) is 0 Å². The van der Waals surface area contributed by atoms with E-state index in [1.165, 1.54) is 0 Å². The molecule has 9 heteroatoms. The molecule has 13 heavy (non-hydrogen) atoms.